The molecule has 1 atom stereocenters. The van der Waals surface area contributed by atoms with Crippen LogP contribution in [0.25, 0.3) is 10.9 Å². The Labute approximate surface area is 157 Å². The number of carboxylic acid groups (broad SMARTS) is 1. The van der Waals surface area contributed by atoms with E-state index in [2.05, 4.69) is 11.1 Å². The molecule has 1 fully saturated rings. The van der Waals surface area contributed by atoms with E-state index in [0.29, 0.717) is 6.54 Å². The number of fused-ring (bicyclic) bond motifs is 1. The van der Waals surface area contributed by atoms with Gasteiger partial charge in [0.25, 0.3) is 0 Å². The van der Waals surface area contributed by atoms with Crippen molar-refractivity contribution < 1.29 is 19.8 Å². The fraction of sp³-hybridized carbons (Fsp3) is 0.381. The molecule has 6 nitrogen and oxygen atoms in total. The van der Waals surface area contributed by atoms with Crippen molar-refractivity contribution in [3.05, 3.63) is 53.9 Å². The Morgan fingerprint density at radius 2 is 1.96 bits per heavy atom. The highest BCUT2D eigenvalue weighted by atomic mass is 16.4. The summed E-state index contributed by atoms with van der Waals surface area (Å²) in [5.41, 5.74) is 1.61. The quantitative estimate of drug-likeness (QED) is 0.807. The molecule has 2 heterocycles. The van der Waals surface area contributed by atoms with E-state index >= 15 is 0 Å². The summed E-state index contributed by atoms with van der Waals surface area (Å²) >= 11 is 0. The largest absolute Gasteiger partial charge is 0.478 e. The van der Waals surface area contributed by atoms with Crippen LogP contribution in [-0.4, -0.2) is 51.0 Å². The number of aliphatic hydroxyl groups is 1. The fourth-order valence-corrected chi connectivity index (χ4v) is 4.54. The number of pyridine rings is 1. The molecule has 0 amide bonds. The molecule has 140 valence electrons. The van der Waals surface area contributed by atoms with Crippen LogP contribution in [0.1, 0.15) is 31.2 Å². The lowest BCUT2D eigenvalue weighted by atomic mass is 9.77. The van der Waals surface area contributed by atoms with Gasteiger partial charge >= 0.3 is 5.97 Å². The minimum atomic E-state index is -1.30. The number of hydrogen-bond donors (Lipinski definition) is 2. The molecule has 0 saturated heterocycles. The topological polar surface area (TPSA) is 90.7 Å². The van der Waals surface area contributed by atoms with E-state index in [0.717, 1.165) is 42.1 Å². The third kappa shape index (κ3) is 3.10. The molecule has 1 saturated carbocycles. The highest BCUT2D eigenvalue weighted by molar-refractivity contribution is 6.18. The van der Waals surface area contributed by atoms with Gasteiger partial charge in [0, 0.05) is 29.7 Å². The number of carbonyl (C=O) groups excluding carboxylic acids is 1. The molecule has 0 radical (unpaired) electrons. The summed E-state index contributed by atoms with van der Waals surface area (Å²) in [5.74, 6) is -2.01. The van der Waals surface area contributed by atoms with Crippen molar-refractivity contribution in [1.82, 2.24) is 9.88 Å². The normalized spacial score (nSPS) is 22.1. The predicted octanol–water partition coefficient (Wildman–Crippen LogP) is 2.26. The molecule has 2 aliphatic rings. The number of nitrogens with zero attached hydrogens (tertiary/aromatic N) is 2. The van der Waals surface area contributed by atoms with E-state index in [1.807, 2.05) is 24.3 Å². The van der Waals surface area contributed by atoms with Gasteiger partial charge < -0.3 is 15.1 Å². The highest BCUT2D eigenvalue weighted by Gasteiger charge is 2.40. The number of rotatable bonds is 4. The van der Waals surface area contributed by atoms with Gasteiger partial charge in [0.1, 0.15) is 11.7 Å². The molecule has 27 heavy (non-hydrogen) atoms. The number of hydrogen-bond acceptors (Lipinski definition) is 5. The first-order chi connectivity index (χ1) is 13.0. The summed E-state index contributed by atoms with van der Waals surface area (Å²) < 4.78 is 0. The van der Waals surface area contributed by atoms with Crippen LogP contribution in [0, 0.1) is 0 Å². The predicted molar refractivity (Wildman–Crippen MR) is 100 cm³/mol. The Bertz CT molecular complexity index is 925. The molecule has 1 aromatic heterocycles. The average molecular weight is 366 g/mol. The maximum Gasteiger partial charge on any atom is 0.340 e. The number of carbonyl (C=O) groups is 2. The Morgan fingerprint density at radius 1 is 1.22 bits per heavy atom. The lowest BCUT2D eigenvalue weighted by molar-refractivity contribution is -0.137. The lowest BCUT2D eigenvalue weighted by Gasteiger charge is -2.38. The molecular formula is C21H22N2O4. The average Bonchev–Trinajstić information content (AvgIpc) is 3.13. The summed E-state index contributed by atoms with van der Waals surface area (Å²) in [4.78, 5) is 29.7. The van der Waals surface area contributed by atoms with E-state index in [9.17, 15) is 19.8 Å². The Kier molecular flexibility index (Phi) is 4.44. The first-order valence-corrected chi connectivity index (χ1v) is 9.26. The van der Waals surface area contributed by atoms with Gasteiger partial charge in [0.15, 0.2) is 0 Å². The fourth-order valence-electron chi connectivity index (χ4n) is 4.54. The van der Waals surface area contributed by atoms with Crippen molar-refractivity contribution in [1.29, 1.82) is 0 Å². The van der Waals surface area contributed by atoms with Crippen molar-refractivity contribution in [3.8, 4) is 0 Å². The van der Waals surface area contributed by atoms with Crippen molar-refractivity contribution >= 4 is 22.7 Å². The highest BCUT2D eigenvalue weighted by Crippen LogP contribution is 2.44. The standard InChI is InChI=1S/C21H22N2O4/c24-17-12-23(11-15(19(17)25)20(26)27)13-21(8-1-2-9-21)16-7-3-5-14-6-4-10-22-18(14)16/h3-7,10-11,17,24H,1-2,8-9,12-13H2,(H,26,27). The smallest absolute Gasteiger partial charge is 0.340 e. The number of Topliss-reactive ketones (excluding diaryl/α,β-unsaturated/α-hetero) is 1. The van der Waals surface area contributed by atoms with Crippen molar-refractivity contribution in [2.75, 3.05) is 13.1 Å². The number of aliphatic hydroxyl groups excluding tert-OH is 1. The van der Waals surface area contributed by atoms with Crippen LogP contribution in [0.5, 0.6) is 0 Å². The van der Waals surface area contributed by atoms with E-state index in [1.54, 1.807) is 11.1 Å². The van der Waals surface area contributed by atoms with Gasteiger partial charge in [0.2, 0.25) is 5.78 Å². The maximum absolute atomic E-state index is 11.9. The van der Waals surface area contributed by atoms with Gasteiger partial charge in [-0.1, -0.05) is 37.1 Å². The Morgan fingerprint density at radius 3 is 2.70 bits per heavy atom. The minimum Gasteiger partial charge on any atom is -0.478 e. The number of benzene rings is 1. The van der Waals surface area contributed by atoms with Gasteiger partial charge in [-0.15, -0.1) is 0 Å². The number of aromatic nitrogens is 1. The third-order valence-corrected chi connectivity index (χ3v) is 5.79. The minimum absolute atomic E-state index is 0.121. The van der Waals surface area contributed by atoms with Crippen LogP contribution in [0.2, 0.25) is 0 Å². The SMILES string of the molecule is O=C(O)C1=CN(CC2(c3cccc4cccnc34)CCCC2)CC(O)C1=O. The second kappa shape index (κ2) is 6.78. The van der Waals surface area contributed by atoms with Gasteiger partial charge in [-0.05, 0) is 24.5 Å². The van der Waals surface area contributed by atoms with Crippen molar-refractivity contribution in [2.24, 2.45) is 0 Å². The molecule has 1 aliphatic heterocycles. The lowest BCUT2D eigenvalue weighted by Crippen LogP contribution is -2.46. The molecule has 4 rings (SSSR count). The third-order valence-electron chi connectivity index (χ3n) is 5.79. The van der Waals surface area contributed by atoms with Crippen LogP contribution < -0.4 is 0 Å². The number of ketones is 1. The van der Waals surface area contributed by atoms with Crippen LogP contribution in [-0.2, 0) is 15.0 Å². The van der Waals surface area contributed by atoms with Gasteiger partial charge in [-0.25, -0.2) is 4.79 Å². The van der Waals surface area contributed by atoms with Crippen LogP contribution in [0.15, 0.2) is 48.3 Å². The summed E-state index contributed by atoms with van der Waals surface area (Å²) in [6.07, 6.45) is 6.02. The number of para-hydroxylation sites is 1. The Balaban J connectivity index is 1.75. The second-order valence-corrected chi connectivity index (χ2v) is 7.53. The van der Waals surface area contributed by atoms with E-state index < -0.39 is 17.9 Å². The zero-order valence-electron chi connectivity index (χ0n) is 15.0. The van der Waals surface area contributed by atoms with Crippen LogP contribution in [0.4, 0.5) is 0 Å². The summed E-state index contributed by atoms with van der Waals surface area (Å²) in [7, 11) is 0. The molecule has 6 heteroatoms. The van der Waals surface area contributed by atoms with Gasteiger partial charge in [-0.3, -0.25) is 9.78 Å². The van der Waals surface area contributed by atoms with Crippen molar-refractivity contribution in [3.63, 3.8) is 0 Å². The maximum atomic E-state index is 11.9. The van der Waals surface area contributed by atoms with E-state index in [1.165, 1.54) is 6.20 Å². The van der Waals surface area contributed by atoms with Crippen LogP contribution >= 0.6 is 0 Å². The van der Waals surface area contributed by atoms with Gasteiger partial charge in [0.05, 0.1) is 12.1 Å². The zero-order valence-corrected chi connectivity index (χ0v) is 15.0. The first-order valence-electron chi connectivity index (χ1n) is 9.26. The van der Waals surface area contributed by atoms with Crippen LogP contribution in [0.3, 0.4) is 0 Å². The zero-order chi connectivity index (χ0) is 19.0. The molecule has 0 bridgehead atoms. The summed E-state index contributed by atoms with van der Waals surface area (Å²) in [5, 5.41) is 20.4. The van der Waals surface area contributed by atoms with E-state index in [4.69, 9.17) is 0 Å². The summed E-state index contributed by atoms with van der Waals surface area (Å²) in [6, 6.07) is 10.1. The monoisotopic (exact) mass is 366 g/mol. The number of aliphatic carboxylic acids is 1. The molecule has 1 unspecified atom stereocenters. The first kappa shape index (κ1) is 17.7. The second-order valence-electron chi connectivity index (χ2n) is 7.53. The molecule has 0 spiro atoms. The molecule has 1 aromatic carbocycles. The number of carboxylic acids is 1. The molecule has 2 aromatic rings. The molecular weight excluding hydrogens is 344 g/mol. The number of β-amino-alcohol motifs (C(OH)–C–C–N with tert-alkyl or cyclic N) is 1. The molecule has 1 aliphatic carbocycles. The molecule has 2 N–H and O–H groups in total. The van der Waals surface area contributed by atoms with E-state index in [-0.39, 0.29) is 17.5 Å². The van der Waals surface area contributed by atoms with Gasteiger partial charge in [-0.2, -0.15) is 0 Å². The summed E-state index contributed by atoms with van der Waals surface area (Å²) in [6.45, 7) is 0.680. The van der Waals surface area contributed by atoms with Crippen molar-refractivity contribution in [2.45, 2.75) is 37.2 Å². The Hall–Kier alpha value is -2.73.